The molecule has 114 valence electrons. The Morgan fingerprint density at radius 1 is 1.24 bits per heavy atom. The molecule has 1 heterocycles. The van der Waals surface area contributed by atoms with Gasteiger partial charge in [0.05, 0.1) is 0 Å². The number of likely N-dealkylation sites (N-methyl/N-ethyl adjacent to an activating group) is 1. The van der Waals surface area contributed by atoms with Gasteiger partial charge in [0.25, 0.3) is 0 Å². The van der Waals surface area contributed by atoms with E-state index in [0.717, 1.165) is 17.7 Å². The van der Waals surface area contributed by atoms with Crippen molar-refractivity contribution in [3.8, 4) is 0 Å². The highest BCUT2D eigenvalue weighted by Gasteiger charge is 2.36. The van der Waals surface area contributed by atoms with Crippen molar-refractivity contribution in [3.05, 3.63) is 29.8 Å². The minimum Gasteiger partial charge on any atom is -0.330 e. The van der Waals surface area contributed by atoms with Crippen LogP contribution in [0, 0.1) is 12.8 Å². The summed E-state index contributed by atoms with van der Waals surface area (Å²) in [5.74, 6) is 0.191. The van der Waals surface area contributed by atoms with Gasteiger partial charge in [0.15, 0.2) is 0 Å². The van der Waals surface area contributed by atoms with E-state index in [2.05, 4.69) is 0 Å². The van der Waals surface area contributed by atoms with Crippen molar-refractivity contribution in [2.45, 2.75) is 39.7 Å². The number of amides is 2. The molecule has 0 radical (unpaired) electrons. The van der Waals surface area contributed by atoms with Crippen LogP contribution in [-0.4, -0.2) is 36.3 Å². The largest absolute Gasteiger partial charge is 0.330 e. The Kier molecular flexibility index (Phi) is 4.66. The quantitative estimate of drug-likeness (QED) is 0.854. The number of hydrogen-bond donors (Lipinski definition) is 0. The fourth-order valence-corrected chi connectivity index (χ4v) is 2.84. The predicted octanol–water partition coefficient (Wildman–Crippen LogP) is 2.60. The van der Waals surface area contributed by atoms with E-state index in [1.807, 2.05) is 45.0 Å². The van der Waals surface area contributed by atoms with Crippen LogP contribution in [0.5, 0.6) is 0 Å². The number of rotatable bonds is 4. The van der Waals surface area contributed by atoms with Crippen molar-refractivity contribution in [2.75, 3.05) is 18.5 Å². The van der Waals surface area contributed by atoms with Gasteiger partial charge in [0, 0.05) is 25.7 Å². The SMILES string of the molecule is Cc1ccc(N(C)C(=O)C(C(C)C)N2CCCC2=O)cc1. The van der Waals surface area contributed by atoms with Gasteiger partial charge < -0.3 is 9.80 Å². The summed E-state index contributed by atoms with van der Waals surface area (Å²) in [5, 5.41) is 0. The summed E-state index contributed by atoms with van der Waals surface area (Å²) < 4.78 is 0. The lowest BCUT2D eigenvalue weighted by molar-refractivity contribution is -0.137. The minimum atomic E-state index is -0.369. The smallest absolute Gasteiger partial charge is 0.249 e. The van der Waals surface area contributed by atoms with Crippen molar-refractivity contribution >= 4 is 17.5 Å². The van der Waals surface area contributed by atoms with Gasteiger partial charge in [0.2, 0.25) is 11.8 Å². The molecule has 0 N–H and O–H groups in total. The highest BCUT2D eigenvalue weighted by atomic mass is 16.2. The second-order valence-electron chi connectivity index (χ2n) is 6.11. The third-order valence-electron chi connectivity index (χ3n) is 4.08. The van der Waals surface area contributed by atoms with Crippen molar-refractivity contribution in [2.24, 2.45) is 5.92 Å². The van der Waals surface area contributed by atoms with Crippen LogP contribution in [-0.2, 0) is 9.59 Å². The number of likely N-dealkylation sites (tertiary alicyclic amines) is 1. The van der Waals surface area contributed by atoms with Crippen molar-refractivity contribution in [3.63, 3.8) is 0 Å². The highest BCUT2D eigenvalue weighted by molar-refractivity contribution is 5.99. The van der Waals surface area contributed by atoms with Crippen LogP contribution in [0.15, 0.2) is 24.3 Å². The maximum atomic E-state index is 12.8. The van der Waals surface area contributed by atoms with E-state index in [9.17, 15) is 9.59 Å². The molecule has 21 heavy (non-hydrogen) atoms. The number of carbonyl (C=O) groups excluding carboxylic acids is 2. The second-order valence-corrected chi connectivity index (χ2v) is 6.11. The van der Waals surface area contributed by atoms with Crippen LogP contribution >= 0.6 is 0 Å². The zero-order valence-electron chi connectivity index (χ0n) is 13.3. The number of hydrogen-bond acceptors (Lipinski definition) is 2. The van der Waals surface area contributed by atoms with Gasteiger partial charge in [-0.15, -0.1) is 0 Å². The lowest BCUT2D eigenvalue weighted by Crippen LogP contribution is -2.51. The molecule has 4 heteroatoms. The minimum absolute atomic E-state index is 0.0101. The maximum absolute atomic E-state index is 12.8. The Labute approximate surface area is 126 Å². The van der Waals surface area contributed by atoms with Gasteiger partial charge >= 0.3 is 0 Å². The molecular formula is C17H24N2O2. The third kappa shape index (κ3) is 3.26. The van der Waals surface area contributed by atoms with Crippen LogP contribution in [0.1, 0.15) is 32.3 Å². The summed E-state index contributed by atoms with van der Waals surface area (Å²) in [6.07, 6.45) is 1.41. The number of aryl methyl sites for hydroxylation is 1. The second kappa shape index (κ2) is 6.29. The standard InChI is InChI=1S/C17H24N2O2/c1-12(2)16(19-11-5-6-15(19)20)17(21)18(4)14-9-7-13(3)8-10-14/h7-10,12,16H,5-6,11H2,1-4H3. The molecule has 2 amide bonds. The molecule has 0 bridgehead atoms. The maximum Gasteiger partial charge on any atom is 0.249 e. The van der Waals surface area contributed by atoms with E-state index in [0.29, 0.717) is 13.0 Å². The Morgan fingerprint density at radius 2 is 1.86 bits per heavy atom. The zero-order valence-corrected chi connectivity index (χ0v) is 13.3. The number of anilines is 1. The average Bonchev–Trinajstić information content (AvgIpc) is 2.85. The van der Waals surface area contributed by atoms with E-state index in [1.54, 1.807) is 16.8 Å². The summed E-state index contributed by atoms with van der Waals surface area (Å²) >= 11 is 0. The first kappa shape index (κ1) is 15.5. The normalized spacial score (nSPS) is 16.4. The number of carbonyl (C=O) groups is 2. The van der Waals surface area contributed by atoms with Gasteiger partial charge in [0.1, 0.15) is 6.04 Å². The fourth-order valence-electron chi connectivity index (χ4n) is 2.84. The molecule has 0 aromatic heterocycles. The monoisotopic (exact) mass is 288 g/mol. The average molecular weight is 288 g/mol. The molecule has 4 nitrogen and oxygen atoms in total. The summed E-state index contributed by atoms with van der Waals surface area (Å²) in [6, 6.07) is 7.49. The molecule has 0 saturated carbocycles. The first-order valence-corrected chi connectivity index (χ1v) is 7.55. The molecule has 1 atom stereocenters. The highest BCUT2D eigenvalue weighted by Crippen LogP contribution is 2.23. The van der Waals surface area contributed by atoms with E-state index < -0.39 is 0 Å². The molecule has 0 spiro atoms. The van der Waals surface area contributed by atoms with Crippen molar-refractivity contribution in [1.82, 2.24) is 4.90 Å². The van der Waals surface area contributed by atoms with Crippen LogP contribution < -0.4 is 4.90 Å². The van der Waals surface area contributed by atoms with Crippen LogP contribution in [0.3, 0.4) is 0 Å². The number of benzene rings is 1. The van der Waals surface area contributed by atoms with Gasteiger partial charge in [-0.25, -0.2) is 0 Å². The molecular weight excluding hydrogens is 264 g/mol. The number of nitrogens with zero attached hydrogens (tertiary/aromatic N) is 2. The zero-order chi connectivity index (χ0) is 15.6. The third-order valence-corrected chi connectivity index (χ3v) is 4.08. The molecule has 1 aliphatic rings. The lowest BCUT2D eigenvalue weighted by Gasteiger charge is -2.33. The van der Waals surface area contributed by atoms with Gasteiger partial charge in [-0.2, -0.15) is 0 Å². The Morgan fingerprint density at radius 3 is 2.33 bits per heavy atom. The molecule has 1 aliphatic heterocycles. The topological polar surface area (TPSA) is 40.6 Å². The Hall–Kier alpha value is -1.84. The summed E-state index contributed by atoms with van der Waals surface area (Å²) in [4.78, 5) is 28.2. The first-order valence-electron chi connectivity index (χ1n) is 7.55. The van der Waals surface area contributed by atoms with Gasteiger partial charge in [-0.05, 0) is 31.4 Å². The summed E-state index contributed by atoms with van der Waals surface area (Å²) in [5.41, 5.74) is 2.03. The molecule has 0 aliphatic carbocycles. The van der Waals surface area contributed by atoms with E-state index in [-0.39, 0.29) is 23.8 Å². The van der Waals surface area contributed by atoms with E-state index in [4.69, 9.17) is 0 Å². The lowest BCUT2D eigenvalue weighted by atomic mass is 10.0. The Bertz CT molecular complexity index is 522. The predicted molar refractivity (Wildman–Crippen MR) is 84.2 cm³/mol. The van der Waals surface area contributed by atoms with E-state index in [1.165, 1.54) is 0 Å². The fraction of sp³-hybridized carbons (Fsp3) is 0.529. The molecule has 1 aromatic carbocycles. The molecule has 1 saturated heterocycles. The van der Waals surface area contributed by atoms with Crippen LogP contribution in [0.4, 0.5) is 5.69 Å². The van der Waals surface area contributed by atoms with Crippen LogP contribution in [0.25, 0.3) is 0 Å². The van der Waals surface area contributed by atoms with Crippen molar-refractivity contribution in [1.29, 1.82) is 0 Å². The van der Waals surface area contributed by atoms with Crippen LogP contribution in [0.2, 0.25) is 0 Å². The Balaban J connectivity index is 2.21. The van der Waals surface area contributed by atoms with E-state index >= 15 is 0 Å². The molecule has 2 rings (SSSR count). The summed E-state index contributed by atoms with van der Waals surface area (Å²) in [7, 11) is 1.78. The van der Waals surface area contributed by atoms with Gasteiger partial charge in [-0.1, -0.05) is 31.5 Å². The van der Waals surface area contributed by atoms with Gasteiger partial charge in [-0.3, -0.25) is 9.59 Å². The van der Waals surface area contributed by atoms with Crippen molar-refractivity contribution < 1.29 is 9.59 Å². The molecule has 1 fully saturated rings. The molecule has 1 unspecified atom stereocenters. The summed E-state index contributed by atoms with van der Waals surface area (Å²) in [6.45, 7) is 6.70. The molecule has 1 aromatic rings. The first-order chi connectivity index (χ1) is 9.91.